The van der Waals surface area contributed by atoms with Crippen LogP contribution in [0.2, 0.25) is 0 Å². The Bertz CT molecular complexity index is 971. The van der Waals surface area contributed by atoms with Crippen molar-refractivity contribution in [1.29, 1.82) is 0 Å². The first-order valence-electron chi connectivity index (χ1n) is 8.02. The van der Waals surface area contributed by atoms with Crippen molar-refractivity contribution in [3.63, 3.8) is 0 Å². The summed E-state index contributed by atoms with van der Waals surface area (Å²) in [5.41, 5.74) is 2.66. The van der Waals surface area contributed by atoms with E-state index in [2.05, 4.69) is 26.2 Å². The Morgan fingerprint density at radius 3 is 2.67 bits per heavy atom. The van der Waals surface area contributed by atoms with E-state index in [9.17, 15) is 4.79 Å². The van der Waals surface area contributed by atoms with Gasteiger partial charge in [0, 0.05) is 17.0 Å². The Labute approximate surface area is 169 Å². The van der Waals surface area contributed by atoms with Gasteiger partial charge in [-0.05, 0) is 39.7 Å². The lowest BCUT2D eigenvalue weighted by molar-refractivity contribution is -0.111. The normalized spacial score (nSPS) is 10.8. The standard InChI is InChI=1S/C20H17BrN2O3S/c1-25-17-11-13(10-15(21)19(17)26-2)8-9-18(24)23-20-22-16(12-27-20)14-6-4-3-5-7-14/h3-12H,1-2H3,(H,22,23,24)/b9-8+. The summed E-state index contributed by atoms with van der Waals surface area (Å²) in [5, 5.41) is 5.25. The number of amides is 1. The molecule has 27 heavy (non-hydrogen) atoms. The fourth-order valence-corrected chi connectivity index (χ4v) is 3.77. The minimum absolute atomic E-state index is 0.255. The molecular weight excluding hydrogens is 428 g/mol. The second kappa shape index (κ2) is 8.83. The zero-order valence-electron chi connectivity index (χ0n) is 14.7. The van der Waals surface area contributed by atoms with E-state index in [0.29, 0.717) is 16.6 Å². The van der Waals surface area contributed by atoms with E-state index in [4.69, 9.17) is 9.47 Å². The molecule has 0 saturated carbocycles. The lowest BCUT2D eigenvalue weighted by Crippen LogP contribution is -2.07. The molecule has 0 bridgehead atoms. The molecule has 3 rings (SSSR count). The smallest absolute Gasteiger partial charge is 0.250 e. The third-order valence-electron chi connectivity index (χ3n) is 3.69. The van der Waals surface area contributed by atoms with Crippen molar-refractivity contribution in [3.05, 3.63) is 64.0 Å². The van der Waals surface area contributed by atoms with E-state index in [0.717, 1.165) is 21.3 Å². The molecule has 0 spiro atoms. The average Bonchev–Trinajstić information content (AvgIpc) is 3.15. The summed E-state index contributed by atoms with van der Waals surface area (Å²) in [4.78, 5) is 16.6. The molecule has 7 heteroatoms. The maximum atomic E-state index is 12.2. The lowest BCUT2D eigenvalue weighted by atomic mass is 10.2. The number of halogens is 1. The van der Waals surface area contributed by atoms with Gasteiger partial charge in [-0.1, -0.05) is 30.3 Å². The van der Waals surface area contributed by atoms with Crippen molar-refractivity contribution < 1.29 is 14.3 Å². The molecule has 5 nitrogen and oxygen atoms in total. The highest BCUT2D eigenvalue weighted by Gasteiger charge is 2.10. The third-order valence-corrected chi connectivity index (χ3v) is 5.03. The Kier molecular flexibility index (Phi) is 6.26. The van der Waals surface area contributed by atoms with Gasteiger partial charge in [0.15, 0.2) is 16.6 Å². The number of hydrogen-bond donors (Lipinski definition) is 1. The van der Waals surface area contributed by atoms with Crippen LogP contribution in [-0.4, -0.2) is 25.1 Å². The van der Waals surface area contributed by atoms with Gasteiger partial charge in [-0.3, -0.25) is 10.1 Å². The summed E-state index contributed by atoms with van der Waals surface area (Å²) in [6, 6.07) is 13.5. The molecule has 3 aromatic rings. The number of nitrogens with one attached hydrogen (secondary N) is 1. The number of rotatable bonds is 6. The first-order chi connectivity index (χ1) is 13.1. The highest BCUT2D eigenvalue weighted by atomic mass is 79.9. The minimum Gasteiger partial charge on any atom is -0.493 e. The molecule has 1 amide bonds. The second-order valence-corrected chi connectivity index (χ2v) is 7.18. The van der Waals surface area contributed by atoms with Gasteiger partial charge in [0.1, 0.15) is 0 Å². The van der Waals surface area contributed by atoms with Gasteiger partial charge in [-0.2, -0.15) is 0 Å². The SMILES string of the molecule is COc1cc(/C=C/C(=O)Nc2nc(-c3ccccc3)cs2)cc(Br)c1OC. The summed E-state index contributed by atoms with van der Waals surface area (Å²) >= 11 is 4.82. The molecule has 0 aliphatic rings. The highest BCUT2D eigenvalue weighted by Crippen LogP contribution is 2.36. The van der Waals surface area contributed by atoms with Crippen LogP contribution in [0.25, 0.3) is 17.3 Å². The summed E-state index contributed by atoms with van der Waals surface area (Å²) in [5.74, 6) is 0.935. The molecule has 0 atom stereocenters. The molecule has 2 aromatic carbocycles. The highest BCUT2D eigenvalue weighted by molar-refractivity contribution is 9.10. The van der Waals surface area contributed by atoms with Crippen molar-refractivity contribution in [2.45, 2.75) is 0 Å². The van der Waals surface area contributed by atoms with Crippen LogP contribution in [0.3, 0.4) is 0 Å². The molecule has 0 aliphatic carbocycles. The monoisotopic (exact) mass is 444 g/mol. The average molecular weight is 445 g/mol. The van der Waals surface area contributed by atoms with Crippen molar-refractivity contribution in [1.82, 2.24) is 4.98 Å². The summed E-state index contributed by atoms with van der Waals surface area (Å²) in [6.45, 7) is 0. The third kappa shape index (κ3) is 4.75. The number of aromatic nitrogens is 1. The van der Waals surface area contributed by atoms with Crippen LogP contribution < -0.4 is 14.8 Å². The number of hydrogen-bond acceptors (Lipinski definition) is 5. The Hall–Kier alpha value is -2.64. The van der Waals surface area contributed by atoms with E-state index < -0.39 is 0 Å². The molecule has 0 radical (unpaired) electrons. The van der Waals surface area contributed by atoms with Gasteiger partial charge >= 0.3 is 0 Å². The van der Waals surface area contributed by atoms with Crippen LogP contribution in [0.1, 0.15) is 5.56 Å². The van der Waals surface area contributed by atoms with Crippen LogP contribution in [0.15, 0.2) is 58.4 Å². The Balaban J connectivity index is 1.69. The van der Waals surface area contributed by atoms with Crippen molar-refractivity contribution >= 4 is 44.4 Å². The predicted molar refractivity (Wildman–Crippen MR) is 112 cm³/mol. The number of carbonyl (C=O) groups is 1. The first-order valence-corrected chi connectivity index (χ1v) is 9.69. The number of anilines is 1. The quantitative estimate of drug-likeness (QED) is 0.527. The molecular formula is C20H17BrN2O3S. The van der Waals surface area contributed by atoms with Gasteiger partial charge < -0.3 is 9.47 Å². The van der Waals surface area contributed by atoms with Crippen LogP contribution in [0.5, 0.6) is 11.5 Å². The van der Waals surface area contributed by atoms with Crippen molar-refractivity contribution in [3.8, 4) is 22.8 Å². The lowest BCUT2D eigenvalue weighted by Gasteiger charge is -2.10. The zero-order chi connectivity index (χ0) is 19.2. The minimum atomic E-state index is -0.255. The van der Waals surface area contributed by atoms with Gasteiger partial charge in [0.05, 0.1) is 24.4 Å². The molecule has 1 heterocycles. The van der Waals surface area contributed by atoms with Crippen molar-refractivity contribution in [2.75, 3.05) is 19.5 Å². The number of ether oxygens (including phenoxy) is 2. The van der Waals surface area contributed by atoms with Crippen LogP contribution in [-0.2, 0) is 4.79 Å². The van der Waals surface area contributed by atoms with Gasteiger partial charge in [-0.15, -0.1) is 11.3 Å². The molecule has 0 unspecified atom stereocenters. The number of methoxy groups -OCH3 is 2. The van der Waals surface area contributed by atoms with Crippen LogP contribution >= 0.6 is 27.3 Å². The van der Waals surface area contributed by atoms with E-state index >= 15 is 0 Å². The van der Waals surface area contributed by atoms with Gasteiger partial charge in [-0.25, -0.2) is 4.98 Å². The molecule has 1 N–H and O–H groups in total. The predicted octanol–water partition coefficient (Wildman–Crippen LogP) is 5.24. The maximum Gasteiger partial charge on any atom is 0.250 e. The number of thiazole rings is 1. The van der Waals surface area contributed by atoms with E-state index in [-0.39, 0.29) is 5.91 Å². The largest absolute Gasteiger partial charge is 0.493 e. The number of benzene rings is 2. The number of nitrogens with zero attached hydrogens (tertiary/aromatic N) is 1. The molecule has 138 valence electrons. The van der Waals surface area contributed by atoms with E-state index in [1.54, 1.807) is 26.4 Å². The van der Waals surface area contributed by atoms with E-state index in [1.807, 2.05) is 41.8 Å². The van der Waals surface area contributed by atoms with Crippen LogP contribution in [0.4, 0.5) is 5.13 Å². The zero-order valence-corrected chi connectivity index (χ0v) is 17.1. The Morgan fingerprint density at radius 1 is 1.19 bits per heavy atom. The molecule has 1 aromatic heterocycles. The van der Waals surface area contributed by atoms with Crippen LogP contribution in [0, 0.1) is 0 Å². The molecule has 0 saturated heterocycles. The van der Waals surface area contributed by atoms with Gasteiger partial charge in [0.25, 0.3) is 0 Å². The summed E-state index contributed by atoms with van der Waals surface area (Å²) in [7, 11) is 3.14. The molecule has 0 aliphatic heterocycles. The Morgan fingerprint density at radius 2 is 1.96 bits per heavy atom. The number of carbonyl (C=O) groups excluding carboxylic acids is 1. The van der Waals surface area contributed by atoms with Crippen molar-refractivity contribution in [2.24, 2.45) is 0 Å². The summed E-state index contributed by atoms with van der Waals surface area (Å²) in [6.07, 6.45) is 3.16. The first kappa shape index (κ1) is 19.1. The molecule has 0 fully saturated rings. The maximum absolute atomic E-state index is 12.2. The van der Waals surface area contributed by atoms with E-state index in [1.165, 1.54) is 17.4 Å². The summed E-state index contributed by atoms with van der Waals surface area (Å²) < 4.78 is 11.3. The fourth-order valence-electron chi connectivity index (χ4n) is 2.43. The fraction of sp³-hybridized carbons (Fsp3) is 0.100. The second-order valence-electron chi connectivity index (χ2n) is 5.46. The topological polar surface area (TPSA) is 60.5 Å². The van der Waals surface area contributed by atoms with Gasteiger partial charge in [0.2, 0.25) is 5.91 Å².